The number of nitrogens with zero attached hydrogens (tertiary/aromatic N) is 1. The van der Waals surface area contributed by atoms with Gasteiger partial charge in [-0.05, 0) is 66.5 Å². The molecule has 1 aliphatic heterocycles. The number of fused-ring (bicyclic) bond motifs is 8. The summed E-state index contributed by atoms with van der Waals surface area (Å²) in [5.74, 6) is -0.838. The van der Waals surface area contributed by atoms with Gasteiger partial charge in [0.05, 0.1) is 11.4 Å². The molecule has 0 saturated carbocycles. The van der Waals surface area contributed by atoms with Gasteiger partial charge in [0.1, 0.15) is 76.3 Å². The first kappa shape index (κ1) is 37.6. The molecule has 0 amide bonds. The molecule has 9 aromatic carbocycles. The van der Waals surface area contributed by atoms with Gasteiger partial charge in [-0.2, -0.15) is 0 Å². The van der Waals surface area contributed by atoms with Crippen LogP contribution >= 0.6 is 11.8 Å². The first-order chi connectivity index (χ1) is 28.4. The van der Waals surface area contributed by atoms with Crippen molar-refractivity contribution >= 4 is 192 Å². The second kappa shape index (κ2) is 13.7. The molecule has 10 rings (SSSR count). The molecular formula is C46H20B9NO2S. The number of aromatic hydroxyl groups is 2. The molecule has 18 radical (unpaired) electrons. The van der Waals surface area contributed by atoms with Crippen LogP contribution in [0.15, 0.2) is 119 Å². The van der Waals surface area contributed by atoms with Crippen molar-refractivity contribution in [2.24, 2.45) is 0 Å². The van der Waals surface area contributed by atoms with Crippen LogP contribution in [0.25, 0.3) is 65.3 Å². The molecule has 0 aliphatic carbocycles. The highest BCUT2D eigenvalue weighted by Gasteiger charge is 2.37. The third-order valence-corrected chi connectivity index (χ3v) is 12.8. The summed E-state index contributed by atoms with van der Waals surface area (Å²) < 4.78 is 0. The van der Waals surface area contributed by atoms with Gasteiger partial charge < -0.3 is 15.1 Å². The fourth-order valence-corrected chi connectivity index (χ4v) is 9.92. The van der Waals surface area contributed by atoms with Crippen LogP contribution in [0.4, 0.5) is 17.1 Å². The van der Waals surface area contributed by atoms with Crippen LogP contribution in [0.5, 0.6) is 11.5 Å². The van der Waals surface area contributed by atoms with E-state index in [4.69, 9.17) is 70.6 Å². The van der Waals surface area contributed by atoms with E-state index < -0.39 is 11.5 Å². The largest absolute Gasteiger partial charge is 0.504 e. The lowest BCUT2D eigenvalue weighted by Crippen LogP contribution is -2.56. The first-order valence-electron chi connectivity index (χ1n) is 18.6. The normalized spacial score (nSPS) is 12.4. The fourth-order valence-electron chi connectivity index (χ4n) is 8.71. The second-order valence-corrected chi connectivity index (χ2v) is 15.7. The summed E-state index contributed by atoms with van der Waals surface area (Å²) in [6, 6.07) is 35.7. The van der Waals surface area contributed by atoms with Crippen LogP contribution in [0.2, 0.25) is 0 Å². The third-order valence-electron chi connectivity index (χ3n) is 11.6. The lowest BCUT2D eigenvalue weighted by Gasteiger charge is -2.40. The Morgan fingerprint density at radius 1 is 0.373 bits per heavy atom. The molecule has 0 unspecified atom stereocenters. The summed E-state index contributed by atoms with van der Waals surface area (Å²) in [5, 5.41) is 32.2. The van der Waals surface area contributed by atoms with E-state index in [9.17, 15) is 10.2 Å². The zero-order valence-corrected chi connectivity index (χ0v) is 32.2. The number of hydrogen-bond acceptors (Lipinski definition) is 4. The molecule has 1 heterocycles. The summed E-state index contributed by atoms with van der Waals surface area (Å²) in [7, 11) is 60.7. The van der Waals surface area contributed by atoms with Gasteiger partial charge in [-0.25, -0.2) is 0 Å². The smallest absolute Gasteiger partial charge is 0.183 e. The topological polar surface area (TPSA) is 43.7 Å². The molecule has 13 heteroatoms. The van der Waals surface area contributed by atoms with Crippen LogP contribution in [-0.4, -0.2) is 80.8 Å². The van der Waals surface area contributed by atoms with Crippen molar-refractivity contribution in [3.8, 4) is 33.8 Å². The minimum Gasteiger partial charge on any atom is -0.504 e. The SMILES string of the molecule is [B]c1c([B])c([B])c(-c2c([B])c([B])c3c(c2[B])Sc2c([B])c(-c4cc5ccccc5c5ccccc45)c(O)c(O)c2N3c2cc3ccccc3c3ccccc23)c([B])c1[B]. The van der Waals surface area contributed by atoms with Gasteiger partial charge in [0, 0.05) is 20.7 Å². The molecule has 0 fully saturated rings. The van der Waals surface area contributed by atoms with E-state index >= 15 is 0 Å². The number of rotatable bonds is 3. The van der Waals surface area contributed by atoms with Gasteiger partial charge in [-0.15, -0.1) is 16.4 Å². The quantitative estimate of drug-likeness (QED) is 0.165. The molecule has 2 N–H and O–H groups in total. The van der Waals surface area contributed by atoms with E-state index in [1.54, 1.807) is 4.90 Å². The highest BCUT2D eigenvalue weighted by atomic mass is 32.2. The molecule has 0 spiro atoms. The van der Waals surface area contributed by atoms with Crippen LogP contribution in [0.1, 0.15) is 0 Å². The third kappa shape index (κ3) is 5.29. The summed E-state index contributed by atoms with van der Waals surface area (Å²) in [4.78, 5) is 2.60. The first-order valence-corrected chi connectivity index (χ1v) is 19.4. The van der Waals surface area contributed by atoms with E-state index in [-0.39, 0.29) is 71.5 Å². The van der Waals surface area contributed by atoms with Gasteiger partial charge in [-0.3, -0.25) is 0 Å². The average molecular weight is 748 g/mol. The van der Waals surface area contributed by atoms with E-state index in [1.807, 2.05) is 109 Å². The molecule has 254 valence electrons. The van der Waals surface area contributed by atoms with Crippen LogP contribution in [0.3, 0.4) is 0 Å². The molecule has 59 heavy (non-hydrogen) atoms. The number of phenols is 2. The van der Waals surface area contributed by atoms with Crippen molar-refractivity contribution < 1.29 is 10.2 Å². The Kier molecular flexibility index (Phi) is 8.74. The molecule has 0 aromatic heterocycles. The molecule has 3 nitrogen and oxygen atoms in total. The van der Waals surface area contributed by atoms with Gasteiger partial charge in [0.25, 0.3) is 0 Å². The molecular weight excluding hydrogens is 728 g/mol. The highest BCUT2D eigenvalue weighted by Crippen LogP contribution is 2.58. The summed E-state index contributed by atoms with van der Waals surface area (Å²) in [6.45, 7) is 0. The average Bonchev–Trinajstić information content (AvgIpc) is 3.26. The van der Waals surface area contributed by atoms with Crippen molar-refractivity contribution in [3.63, 3.8) is 0 Å². The summed E-state index contributed by atoms with van der Waals surface area (Å²) in [6.07, 6.45) is 0. The van der Waals surface area contributed by atoms with Gasteiger partial charge in [0.15, 0.2) is 11.5 Å². The van der Waals surface area contributed by atoms with Gasteiger partial charge in [0.2, 0.25) is 0 Å². The predicted octanol–water partition coefficient (Wildman–Crippen LogP) is 2.12. The van der Waals surface area contributed by atoms with Crippen molar-refractivity contribution in [1.29, 1.82) is 0 Å². The van der Waals surface area contributed by atoms with Crippen molar-refractivity contribution in [2.75, 3.05) is 4.90 Å². The van der Waals surface area contributed by atoms with Crippen LogP contribution < -0.4 is 54.1 Å². The highest BCUT2D eigenvalue weighted by molar-refractivity contribution is 8.00. The van der Waals surface area contributed by atoms with Gasteiger partial charge in [-0.1, -0.05) is 142 Å². The molecule has 1 aliphatic rings. The lowest BCUT2D eigenvalue weighted by atomic mass is 9.57. The molecule has 0 atom stereocenters. The molecule has 0 bridgehead atoms. The van der Waals surface area contributed by atoms with Crippen LogP contribution in [0, 0.1) is 0 Å². The van der Waals surface area contributed by atoms with E-state index in [1.165, 1.54) is 11.8 Å². The van der Waals surface area contributed by atoms with Crippen molar-refractivity contribution in [2.45, 2.75) is 9.79 Å². The number of hydrogen-bond donors (Lipinski definition) is 2. The van der Waals surface area contributed by atoms with E-state index in [0.29, 0.717) is 26.7 Å². The van der Waals surface area contributed by atoms with Gasteiger partial charge >= 0.3 is 0 Å². The fraction of sp³-hybridized carbons (Fsp3) is 0. The predicted molar refractivity (Wildman–Crippen MR) is 258 cm³/mol. The Balaban J connectivity index is 1.35. The number of anilines is 3. The zero-order valence-electron chi connectivity index (χ0n) is 31.3. The van der Waals surface area contributed by atoms with Crippen molar-refractivity contribution in [3.05, 3.63) is 109 Å². The van der Waals surface area contributed by atoms with E-state index in [2.05, 4.69) is 0 Å². The number of benzene rings is 9. The Bertz CT molecular complexity index is 3330. The Hall–Kier alpha value is -5.65. The lowest BCUT2D eigenvalue weighted by molar-refractivity contribution is 0.405. The maximum absolute atomic E-state index is 12.5. The van der Waals surface area contributed by atoms with E-state index in [0.717, 1.165) is 43.1 Å². The minimum absolute atomic E-state index is 0.0148. The Morgan fingerprint density at radius 3 is 1.41 bits per heavy atom. The van der Waals surface area contributed by atoms with Crippen LogP contribution in [-0.2, 0) is 0 Å². The maximum atomic E-state index is 12.5. The van der Waals surface area contributed by atoms with Crippen molar-refractivity contribution in [1.82, 2.24) is 0 Å². The standard InChI is InChI=1S/C46H20B9NO2S/c47-32-30(33(48)38(53)39(54)37(32)52)31-34(49)40(55)41-45(36(31)51)59-46-35(50)29(27-17-19-9-1-3-11-21(19)23-13-5-6-15-25(23)27)43(57)44(58)42(46)56(41)28-18-20-10-2-4-12-22(20)24-14-7-8-16-26(24)28/h1-18,57-58H. The molecule has 9 aromatic rings. The molecule has 0 saturated heterocycles. The maximum Gasteiger partial charge on any atom is 0.183 e. The Morgan fingerprint density at radius 2 is 0.797 bits per heavy atom. The summed E-state index contributed by atoms with van der Waals surface area (Å²) in [5.41, 5.74) is 2.94. The Labute approximate surface area is 357 Å². The second-order valence-electron chi connectivity index (χ2n) is 14.7. The zero-order chi connectivity index (χ0) is 41.2. The number of phenolic OH excluding ortho intramolecular Hbond substituents is 2. The monoisotopic (exact) mass is 749 g/mol. The summed E-state index contributed by atoms with van der Waals surface area (Å²) >= 11 is 1.17. The minimum atomic E-state index is -0.426.